The molecule has 0 radical (unpaired) electrons. The number of H-pyrrole nitrogens is 2. The molecule has 0 spiro atoms. The fraction of sp³-hybridized carbons (Fsp3) is 0.372. The van der Waals surface area contributed by atoms with Crippen molar-refractivity contribution >= 4 is 68.5 Å². The molecule has 0 aliphatic rings. The summed E-state index contributed by atoms with van der Waals surface area (Å²) < 4.78 is 123. The van der Waals surface area contributed by atoms with E-state index in [0.29, 0.717) is 45.6 Å². The summed E-state index contributed by atoms with van der Waals surface area (Å²) in [6.07, 6.45) is -20.2. The standard InChI is InChI=1S/C14H13ClF3N3O4.C11H9ClF3N3O2.C11H7ClF3N3O2.C4H9O.C3H5BrO2.K/c1-25-11(23)7-21-13(24)20(6-10(22)14(16,17)18)12(19-21)8-2-4-9(15)5-3-8;2*12-7-3-1-6(2-4-7)9-16-17-10(20)18(9)5-8(19)11(13,14)15;1-4(2,3)5;1-6-3(5)2-4;/h2-5,10,22H,6-7H2,1H3;1-4,8,19H,5H2,(H,17,20);1-4H,5H2,(H,17,20);1-3H3;2H2,1H3;/q;;;-1;;+1/t10-;8-;;;;/m00..../s1. The van der Waals surface area contributed by atoms with Crippen LogP contribution in [0.4, 0.5) is 39.5 Å². The topological polar surface area (TPSA) is 274 Å². The van der Waals surface area contributed by atoms with E-state index in [1.807, 2.05) is 5.10 Å². The zero-order valence-corrected chi connectivity index (χ0v) is 47.7. The summed E-state index contributed by atoms with van der Waals surface area (Å²) in [6, 6.07) is 17.8. The van der Waals surface area contributed by atoms with Crippen molar-refractivity contribution < 1.29 is 130 Å². The van der Waals surface area contributed by atoms with E-state index in [0.717, 1.165) is 11.7 Å². The van der Waals surface area contributed by atoms with Gasteiger partial charge in [-0.3, -0.25) is 28.1 Å². The van der Waals surface area contributed by atoms with Crippen LogP contribution in [0.1, 0.15) is 20.8 Å². The van der Waals surface area contributed by atoms with Gasteiger partial charge in [-0.25, -0.2) is 29.3 Å². The number of aliphatic hydroxyl groups excluding tert-OH is 2. The Morgan fingerprint density at radius 3 is 1.29 bits per heavy atom. The minimum absolute atomic E-state index is 0. The summed E-state index contributed by atoms with van der Waals surface area (Å²) in [5, 5.41) is 45.2. The number of ketones is 1. The number of ether oxygens (including phenoxy) is 2. The Morgan fingerprint density at radius 2 is 0.961 bits per heavy atom. The predicted molar refractivity (Wildman–Crippen MR) is 256 cm³/mol. The second-order valence-electron chi connectivity index (χ2n) is 15.7. The number of alkyl halides is 10. The van der Waals surface area contributed by atoms with Crippen LogP contribution >= 0.6 is 50.7 Å². The number of nitrogens with one attached hydrogen (secondary N) is 2. The SMILES string of the molecule is CC(C)(C)[O-].COC(=O)CBr.COC(=O)Cn1nc(-c2ccc(Cl)cc2)n(C[C@H](O)C(F)(F)F)c1=O.O=C(Cn1c(-c2ccc(Cl)cc2)n[nH]c1=O)C(F)(F)F.O=c1[nH]nc(-c2ccc(Cl)cc2)n1C[C@H](O)C(F)(F)F.[K+]. The van der Waals surface area contributed by atoms with Crippen molar-refractivity contribution in [2.75, 3.05) is 19.5 Å². The largest absolute Gasteiger partial charge is 1.00 e. The van der Waals surface area contributed by atoms with Crippen LogP contribution < -0.4 is 73.6 Å². The molecule has 6 rings (SSSR count). The molecule has 77 heavy (non-hydrogen) atoms. The van der Waals surface area contributed by atoms with Crippen LogP contribution in [0.3, 0.4) is 0 Å². The van der Waals surface area contributed by atoms with E-state index in [4.69, 9.17) is 39.9 Å². The number of rotatable bonds is 12. The molecule has 6 aromatic rings. The number of methoxy groups -OCH3 is 2. The summed E-state index contributed by atoms with van der Waals surface area (Å²) in [5.41, 5.74) is -2.41. The van der Waals surface area contributed by atoms with Crippen LogP contribution in [0.25, 0.3) is 34.2 Å². The van der Waals surface area contributed by atoms with E-state index in [9.17, 15) is 78.5 Å². The monoisotopic (exact) mass is 1260 g/mol. The Bertz CT molecular complexity index is 3000. The molecule has 0 bridgehead atoms. The molecule has 0 unspecified atom stereocenters. The van der Waals surface area contributed by atoms with E-state index in [1.165, 1.54) is 79.9 Å². The molecule has 2 atom stereocenters. The maximum absolute atomic E-state index is 12.6. The van der Waals surface area contributed by atoms with Crippen LogP contribution in [-0.2, 0) is 50.0 Å². The molecule has 0 aliphatic heterocycles. The van der Waals surface area contributed by atoms with Crippen LogP contribution in [0.2, 0.25) is 15.1 Å². The van der Waals surface area contributed by atoms with Gasteiger partial charge in [0.05, 0.1) is 33.9 Å². The molecule has 418 valence electrons. The molecule has 3 aromatic heterocycles. The maximum atomic E-state index is 12.6. The second kappa shape index (κ2) is 31.2. The van der Waals surface area contributed by atoms with Crippen molar-refractivity contribution in [2.45, 2.75) is 83.3 Å². The summed E-state index contributed by atoms with van der Waals surface area (Å²) in [7, 11) is 2.45. The zero-order chi connectivity index (χ0) is 58.1. The summed E-state index contributed by atoms with van der Waals surface area (Å²) in [5.74, 6) is -3.29. The third-order valence-electron chi connectivity index (χ3n) is 8.67. The Balaban J connectivity index is 0.000000525. The van der Waals surface area contributed by atoms with Crippen molar-refractivity contribution in [3.05, 3.63) is 119 Å². The first-order chi connectivity index (χ1) is 35.0. The molecular formula is C43H43BrCl3F9KN9O11. The van der Waals surface area contributed by atoms with Gasteiger partial charge in [0.2, 0.25) is 0 Å². The van der Waals surface area contributed by atoms with Gasteiger partial charge in [-0.15, -0.1) is 10.7 Å². The smallest absolute Gasteiger partial charge is 0.850 e. The van der Waals surface area contributed by atoms with E-state index >= 15 is 0 Å². The number of aromatic amines is 2. The number of carbonyl (C=O) groups excluding carboxylic acids is 3. The van der Waals surface area contributed by atoms with Crippen LogP contribution in [0.15, 0.2) is 87.2 Å². The van der Waals surface area contributed by atoms with Crippen LogP contribution in [0, 0.1) is 0 Å². The van der Waals surface area contributed by atoms with Crippen molar-refractivity contribution in [2.24, 2.45) is 0 Å². The summed E-state index contributed by atoms with van der Waals surface area (Å²) >= 11 is 20.1. The summed E-state index contributed by atoms with van der Waals surface area (Å²) in [4.78, 5) is 67.4. The second-order valence-corrected chi connectivity index (χ2v) is 17.6. The van der Waals surface area contributed by atoms with Gasteiger partial charge >= 0.3 is 98.9 Å². The number of nitrogens with zero attached hydrogens (tertiary/aromatic N) is 7. The van der Waals surface area contributed by atoms with Gasteiger partial charge in [0.1, 0.15) is 11.9 Å². The van der Waals surface area contributed by atoms with Gasteiger partial charge in [0, 0.05) is 31.8 Å². The molecule has 3 aromatic carbocycles. The Labute approximate surface area is 494 Å². The predicted octanol–water partition coefficient (Wildman–Crippen LogP) is 3.00. The minimum Gasteiger partial charge on any atom is -0.850 e. The summed E-state index contributed by atoms with van der Waals surface area (Å²) in [6.45, 7) is 1.19. The third kappa shape index (κ3) is 24.1. The Kier molecular flexibility index (Phi) is 28.5. The first-order valence-electron chi connectivity index (χ1n) is 20.8. The molecule has 0 amide bonds. The van der Waals surface area contributed by atoms with E-state index in [1.54, 1.807) is 20.8 Å². The zero-order valence-electron chi connectivity index (χ0n) is 40.7. The van der Waals surface area contributed by atoms with Crippen molar-refractivity contribution in [1.29, 1.82) is 0 Å². The number of benzene rings is 3. The van der Waals surface area contributed by atoms with E-state index in [-0.39, 0.29) is 80.2 Å². The van der Waals surface area contributed by atoms with Gasteiger partial charge in [-0.05, 0) is 72.8 Å². The number of aliphatic hydroxyl groups is 2. The molecule has 34 heteroatoms. The number of Topliss-reactive ketones (excluding diaryl/α,β-unsaturated/α-hetero) is 1. The third-order valence-corrected chi connectivity index (χ3v) is 9.89. The van der Waals surface area contributed by atoms with Crippen LogP contribution in [-0.4, -0.2) is 128 Å². The molecule has 20 nitrogen and oxygen atoms in total. The average Bonchev–Trinajstić information content (AvgIpc) is 3.98. The van der Waals surface area contributed by atoms with Crippen LogP contribution in [0.5, 0.6) is 0 Å². The molecule has 0 saturated heterocycles. The maximum Gasteiger partial charge on any atom is 1.00 e. The Hall–Kier alpha value is -4.67. The molecule has 4 N–H and O–H groups in total. The van der Waals surface area contributed by atoms with Crippen molar-refractivity contribution in [3.8, 4) is 34.2 Å². The van der Waals surface area contributed by atoms with Gasteiger partial charge < -0.3 is 24.8 Å². The molecule has 0 aliphatic carbocycles. The normalized spacial score (nSPS) is 12.1. The number of carbonyl (C=O) groups is 3. The number of halogens is 13. The van der Waals surface area contributed by atoms with Crippen molar-refractivity contribution in [3.63, 3.8) is 0 Å². The van der Waals surface area contributed by atoms with Gasteiger partial charge in [0.25, 0.3) is 5.78 Å². The van der Waals surface area contributed by atoms with Gasteiger partial charge in [-0.1, -0.05) is 71.5 Å². The number of esters is 2. The quantitative estimate of drug-likeness (QED) is 0.0594. The first kappa shape index (κ1) is 70.3. The average molecular weight is 1260 g/mol. The number of hydrogen-bond donors (Lipinski definition) is 4. The minimum atomic E-state index is -5.01. The number of aromatic nitrogens is 9. The number of hydrogen-bond acceptors (Lipinski definition) is 14. The first-order valence-corrected chi connectivity index (χ1v) is 23.0. The van der Waals surface area contributed by atoms with Crippen molar-refractivity contribution in [1.82, 2.24) is 43.9 Å². The van der Waals surface area contributed by atoms with E-state index in [2.05, 4.69) is 45.8 Å². The fourth-order valence-corrected chi connectivity index (χ4v) is 5.75. The molecule has 0 fully saturated rings. The fourth-order valence-electron chi connectivity index (χ4n) is 5.14. The molecule has 3 heterocycles. The van der Waals surface area contributed by atoms with Gasteiger partial charge in [0.15, 0.2) is 29.7 Å². The Morgan fingerprint density at radius 1 is 0.623 bits per heavy atom. The molecular weight excluding hydrogens is 1210 g/mol. The van der Waals surface area contributed by atoms with E-state index < -0.39 is 91.3 Å². The van der Waals surface area contributed by atoms with Gasteiger partial charge in [-0.2, -0.15) is 49.7 Å². The molecule has 0 saturated carbocycles.